The Bertz CT molecular complexity index is 2360. The van der Waals surface area contributed by atoms with Gasteiger partial charge in [0.1, 0.15) is 35.2 Å². The van der Waals surface area contributed by atoms with E-state index in [1.165, 1.54) is 4.90 Å². The van der Waals surface area contributed by atoms with Crippen LogP contribution in [0.2, 0.25) is 0 Å². The van der Waals surface area contributed by atoms with Gasteiger partial charge >= 0.3 is 0 Å². The molecule has 1 saturated carbocycles. The lowest BCUT2D eigenvalue weighted by Crippen LogP contribution is -2.62. The molecular weight excluding hydrogens is 780 g/mol. The molecule has 4 saturated heterocycles. The molecular formula is C45H55FN10O5. The van der Waals surface area contributed by atoms with E-state index in [0.717, 1.165) is 118 Å². The Hall–Kier alpha value is -5.19. The summed E-state index contributed by atoms with van der Waals surface area (Å²) in [6, 6.07) is 10.7. The smallest absolute Gasteiger partial charge is 0.255 e. The van der Waals surface area contributed by atoms with Gasteiger partial charge in [-0.2, -0.15) is 5.10 Å². The molecule has 5 fully saturated rings. The number of ether oxygens (including phenoxy) is 2. The van der Waals surface area contributed by atoms with Crippen LogP contribution in [0.3, 0.4) is 0 Å². The normalized spacial score (nSPS) is 24.7. The largest absolute Gasteiger partial charge is 0.488 e. The van der Waals surface area contributed by atoms with Gasteiger partial charge in [0, 0.05) is 93.4 Å². The van der Waals surface area contributed by atoms with Gasteiger partial charge in [-0.3, -0.25) is 34.6 Å². The first kappa shape index (κ1) is 39.9. The molecule has 7 heterocycles. The molecule has 0 spiro atoms. The van der Waals surface area contributed by atoms with Crippen LogP contribution in [0.15, 0.2) is 42.7 Å². The fourth-order valence-corrected chi connectivity index (χ4v) is 10.1. The lowest BCUT2D eigenvalue weighted by atomic mass is 9.92. The van der Waals surface area contributed by atoms with Gasteiger partial charge in [0.25, 0.3) is 5.91 Å². The Morgan fingerprint density at radius 1 is 0.934 bits per heavy atom. The van der Waals surface area contributed by atoms with Crippen molar-refractivity contribution in [2.75, 3.05) is 75.3 Å². The number of anilines is 2. The van der Waals surface area contributed by atoms with Crippen LogP contribution in [0.1, 0.15) is 75.2 Å². The molecule has 10 rings (SSSR count). The van der Waals surface area contributed by atoms with Crippen molar-refractivity contribution in [3.8, 4) is 17.1 Å². The lowest BCUT2D eigenvalue weighted by molar-refractivity contribution is -0.136. The van der Waals surface area contributed by atoms with Gasteiger partial charge < -0.3 is 24.2 Å². The van der Waals surface area contributed by atoms with Crippen molar-refractivity contribution < 1.29 is 28.2 Å². The predicted octanol–water partition coefficient (Wildman–Crippen LogP) is 4.37. The Morgan fingerprint density at radius 2 is 1.77 bits per heavy atom. The maximum atomic E-state index is 16.1. The first-order chi connectivity index (χ1) is 29.4. The quantitative estimate of drug-likeness (QED) is 0.219. The van der Waals surface area contributed by atoms with Gasteiger partial charge in [-0.25, -0.2) is 14.4 Å². The summed E-state index contributed by atoms with van der Waals surface area (Å²) in [5.41, 5.74) is 3.55. The van der Waals surface area contributed by atoms with Crippen molar-refractivity contribution in [3.63, 3.8) is 0 Å². The van der Waals surface area contributed by atoms with Crippen LogP contribution in [-0.4, -0.2) is 141 Å². The van der Waals surface area contributed by atoms with Gasteiger partial charge in [-0.15, -0.1) is 0 Å². The number of piperidine rings is 2. The number of carbonyl (C=O) groups excluding carboxylic acids is 3. The molecule has 1 aliphatic carbocycles. The molecule has 2 atom stereocenters. The Labute approximate surface area is 354 Å². The average Bonchev–Trinajstić information content (AvgIpc) is 3.66. The zero-order valence-corrected chi connectivity index (χ0v) is 35.3. The SMILES string of the molecule is CC1(Oc2ccc3[nH]nc(-c4cc(N5CCO[C@H](CN6CCN(CC7CCN(c8ccc9c(c8F)CN(C8CCC(=O)NC8=O)C9=O)CC7)CC6(C)C)C5)ncn4)c3c2)CC1. The van der Waals surface area contributed by atoms with E-state index >= 15 is 4.39 Å². The maximum Gasteiger partial charge on any atom is 0.255 e. The topological polar surface area (TPSA) is 152 Å². The third kappa shape index (κ3) is 7.93. The number of fused-ring (bicyclic) bond motifs is 2. The molecule has 0 bridgehead atoms. The highest BCUT2D eigenvalue weighted by atomic mass is 19.1. The second-order valence-corrected chi connectivity index (χ2v) is 18.8. The molecule has 15 nitrogen and oxygen atoms in total. The number of morpholine rings is 1. The number of H-pyrrole nitrogens is 1. The van der Waals surface area contributed by atoms with E-state index in [-0.39, 0.29) is 54.3 Å². The van der Waals surface area contributed by atoms with E-state index in [2.05, 4.69) is 71.9 Å². The molecule has 16 heteroatoms. The van der Waals surface area contributed by atoms with Crippen LogP contribution in [0.5, 0.6) is 5.75 Å². The Morgan fingerprint density at radius 3 is 2.56 bits per heavy atom. The zero-order chi connectivity index (χ0) is 42.0. The molecule has 2 aromatic heterocycles. The van der Waals surface area contributed by atoms with Gasteiger partial charge in [0.15, 0.2) is 5.82 Å². The number of hydrogen-bond acceptors (Lipinski definition) is 12. The van der Waals surface area contributed by atoms with Crippen molar-refractivity contribution >= 4 is 40.1 Å². The third-order valence-corrected chi connectivity index (χ3v) is 13.9. The summed E-state index contributed by atoms with van der Waals surface area (Å²) >= 11 is 0. The minimum atomic E-state index is -0.764. The number of halogens is 1. The molecule has 6 aliphatic rings. The average molecular weight is 835 g/mol. The molecule has 61 heavy (non-hydrogen) atoms. The number of carbonyl (C=O) groups is 3. The number of nitrogens with zero attached hydrogens (tertiary/aromatic N) is 8. The van der Waals surface area contributed by atoms with Gasteiger partial charge in [-0.1, -0.05) is 0 Å². The number of rotatable bonds is 10. The van der Waals surface area contributed by atoms with Gasteiger partial charge in [-0.05, 0) is 89.1 Å². The molecule has 5 aliphatic heterocycles. The van der Waals surface area contributed by atoms with Crippen LogP contribution < -0.4 is 19.9 Å². The summed E-state index contributed by atoms with van der Waals surface area (Å²) in [6.07, 6.45) is 6.14. The Kier molecular flexibility index (Phi) is 10.2. The van der Waals surface area contributed by atoms with Gasteiger partial charge in [0.05, 0.1) is 36.2 Å². The highest BCUT2D eigenvalue weighted by molar-refractivity contribution is 6.05. The second kappa shape index (κ2) is 15.6. The molecule has 1 unspecified atom stereocenters. The maximum absolute atomic E-state index is 16.1. The summed E-state index contributed by atoms with van der Waals surface area (Å²) in [4.78, 5) is 57.6. The van der Waals surface area contributed by atoms with E-state index < -0.39 is 11.9 Å². The van der Waals surface area contributed by atoms with E-state index in [1.807, 2.05) is 18.2 Å². The van der Waals surface area contributed by atoms with Crippen molar-refractivity contribution in [3.05, 3.63) is 59.7 Å². The van der Waals surface area contributed by atoms with Crippen molar-refractivity contribution in [1.82, 2.24) is 40.2 Å². The van der Waals surface area contributed by atoms with Crippen molar-refractivity contribution in [1.29, 1.82) is 0 Å². The van der Waals surface area contributed by atoms with Crippen LogP contribution in [0, 0.1) is 11.7 Å². The highest BCUT2D eigenvalue weighted by Gasteiger charge is 2.42. The number of aromatic amines is 1. The molecule has 2 aromatic carbocycles. The fraction of sp³-hybridized carbons (Fsp3) is 0.556. The van der Waals surface area contributed by atoms with Crippen LogP contribution in [-0.2, 0) is 20.9 Å². The first-order valence-corrected chi connectivity index (χ1v) is 21.9. The molecule has 322 valence electrons. The highest BCUT2D eigenvalue weighted by Crippen LogP contribution is 2.41. The number of amides is 3. The number of piperazine rings is 1. The Balaban J connectivity index is 0.718. The van der Waals surface area contributed by atoms with Crippen LogP contribution in [0.25, 0.3) is 22.3 Å². The van der Waals surface area contributed by atoms with Crippen LogP contribution >= 0.6 is 0 Å². The predicted molar refractivity (Wildman–Crippen MR) is 227 cm³/mol. The van der Waals surface area contributed by atoms with Crippen LogP contribution in [0.4, 0.5) is 15.9 Å². The fourth-order valence-electron chi connectivity index (χ4n) is 10.1. The first-order valence-electron chi connectivity index (χ1n) is 21.9. The zero-order valence-electron chi connectivity index (χ0n) is 35.3. The van der Waals surface area contributed by atoms with E-state index in [9.17, 15) is 14.4 Å². The van der Waals surface area contributed by atoms with E-state index in [1.54, 1.807) is 18.5 Å². The summed E-state index contributed by atoms with van der Waals surface area (Å²) in [7, 11) is 0. The summed E-state index contributed by atoms with van der Waals surface area (Å²) in [5, 5.41) is 11.1. The van der Waals surface area contributed by atoms with E-state index in [4.69, 9.17) is 9.47 Å². The molecule has 2 N–H and O–H groups in total. The summed E-state index contributed by atoms with van der Waals surface area (Å²) in [5.74, 6) is 0.652. The number of hydrogen-bond donors (Lipinski definition) is 2. The lowest BCUT2D eigenvalue weighted by Gasteiger charge is -2.50. The molecule has 4 aromatic rings. The monoisotopic (exact) mass is 834 g/mol. The minimum absolute atomic E-state index is 0.0354. The number of aromatic nitrogens is 4. The molecule has 0 radical (unpaired) electrons. The molecule has 3 amide bonds. The third-order valence-electron chi connectivity index (χ3n) is 13.9. The van der Waals surface area contributed by atoms with Crippen molar-refractivity contribution in [2.24, 2.45) is 5.92 Å². The van der Waals surface area contributed by atoms with Gasteiger partial charge in [0.2, 0.25) is 11.8 Å². The minimum Gasteiger partial charge on any atom is -0.488 e. The second-order valence-electron chi connectivity index (χ2n) is 18.8. The number of benzene rings is 2. The number of nitrogens with one attached hydrogen (secondary N) is 2. The summed E-state index contributed by atoms with van der Waals surface area (Å²) < 4.78 is 28.7. The van der Waals surface area contributed by atoms with Crippen molar-refractivity contribution in [2.45, 2.75) is 89.1 Å². The standard InChI is InChI=1S/C45H55FN10O5/c1-44(2)26-52(22-28-10-14-53(15-11-28)36-7-5-31-33(40(36)46)25-56(43(31)59)37-8-9-39(57)49-42(37)58)16-17-55(44)24-30-23-54(18-19-60-30)38-21-35(47-27-48-38)41-32-20-29(61-45(3)12-13-45)4-6-34(32)50-51-41/h4-7,20-21,27-28,30,37H,8-19,22-26H2,1-3H3,(H,50,51)(H,49,57,58)/t30-,37?/m0/s1. The summed E-state index contributed by atoms with van der Waals surface area (Å²) in [6.45, 7) is 15.2. The van der Waals surface area contributed by atoms with E-state index in [0.29, 0.717) is 29.3 Å². The number of imide groups is 1.